The highest BCUT2D eigenvalue weighted by atomic mass is 19.1. The van der Waals surface area contributed by atoms with E-state index in [1.807, 2.05) is 0 Å². The number of rotatable bonds is 7. The monoisotopic (exact) mass is 304 g/mol. The molecule has 0 fully saturated rings. The average molecular weight is 304 g/mol. The van der Waals surface area contributed by atoms with Crippen LogP contribution >= 0.6 is 0 Å². The first-order chi connectivity index (χ1) is 10.7. The van der Waals surface area contributed by atoms with Crippen molar-refractivity contribution in [3.63, 3.8) is 0 Å². The summed E-state index contributed by atoms with van der Waals surface area (Å²) in [6, 6.07) is 9.23. The van der Waals surface area contributed by atoms with Crippen molar-refractivity contribution in [1.82, 2.24) is 10.3 Å². The number of nitrogens with zero attached hydrogens (tertiary/aromatic N) is 1. The summed E-state index contributed by atoms with van der Waals surface area (Å²) in [6.45, 7) is 0.630. The minimum atomic E-state index is -0.321. The number of carbonyl (C=O) groups excluding carboxylic acids is 1. The molecule has 0 aliphatic carbocycles. The van der Waals surface area contributed by atoms with E-state index in [-0.39, 0.29) is 24.8 Å². The lowest BCUT2D eigenvalue weighted by Gasteiger charge is -2.08. The summed E-state index contributed by atoms with van der Waals surface area (Å²) in [6.07, 6.45) is 1.84. The van der Waals surface area contributed by atoms with Crippen LogP contribution in [0.4, 0.5) is 4.39 Å². The molecular weight excluding hydrogens is 287 g/mol. The van der Waals surface area contributed by atoms with E-state index in [0.29, 0.717) is 18.2 Å². The minimum Gasteiger partial charge on any atom is -0.493 e. The first-order valence-electron chi connectivity index (χ1n) is 6.81. The Balaban J connectivity index is 1.70. The number of benzene rings is 1. The molecule has 116 valence electrons. The lowest BCUT2D eigenvalue weighted by molar-refractivity contribution is -0.121. The molecule has 0 unspecified atom stereocenters. The van der Waals surface area contributed by atoms with E-state index < -0.39 is 0 Å². The molecule has 5 nitrogen and oxygen atoms in total. The van der Waals surface area contributed by atoms with Crippen LogP contribution in [0.15, 0.2) is 42.6 Å². The number of pyridine rings is 1. The van der Waals surface area contributed by atoms with Gasteiger partial charge in [0.2, 0.25) is 11.8 Å². The van der Waals surface area contributed by atoms with Crippen LogP contribution in [0.25, 0.3) is 0 Å². The number of halogens is 1. The number of amides is 1. The fourth-order valence-electron chi connectivity index (χ4n) is 1.75. The number of aromatic nitrogens is 1. The van der Waals surface area contributed by atoms with Crippen molar-refractivity contribution in [3.05, 3.63) is 54.0 Å². The van der Waals surface area contributed by atoms with Crippen LogP contribution in [0.3, 0.4) is 0 Å². The third kappa shape index (κ3) is 5.05. The molecule has 0 aliphatic rings. The normalized spacial score (nSPS) is 10.1. The van der Waals surface area contributed by atoms with Crippen LogP contribution < -0.4 is 14.8 Å². The van der Waals surface area contributed by atoms with Gasteiger partial charge in [-0.2, -0.15) is 0 Å². The molecule has 0 saturated carbocycles. The van der Waals surface area contributed by atoms with Crippen molar-refractivity contribution in [3.8, 4) is 11.6 Å². The van der Waals surface area contributed by atoms with Gasteiger partial charge < -0.3 is 14.8 Å². The van der Waals surface area contributed by atoms with E-state index in [4.69, 9.17) is 9.47 Å². The average Bonchev–Trinajstić information content (AvgIpc) is 2.55. The molecule has 0 atom stereocenters. The van der Waals surface area contributed by atoms with Gasteiger partial charge in [-0.25, -0.2) is 9.37 Å². The predicted octanol–water partition coefficient (Wildman–Crippen LogP) is 2.31. The molecule has 1 N–H and O–H groups in total. The third-order valence-electron chi connectivity index (χ3n) is 2.91. The second-order valence-electron chi connectivity index (χ2n) is 4.54. The van der Waals surface area contributed by atoms with Crippen LogP contribution in [0.5, 0.6) is 11.6 Å². The Bertz CT molecular complexity index is 617. The summed E-state index contributed by atoms with van der Waals surface area (Å²) in [5.41, 5.74) is 0.902. The van der Waals surface area contributed by atoms with E-state index in [0.717, 1.165) is 5.56 Å². The van der Waals surface area contributed by atoms with Gasteiger partial charge >= 0.3 is 0 Å². The summed E-state index contributed by atoms with van der Waals surface area (Å²) in [5, 5.41) is 2.78. The van der Waals surface area contributed by atoms with Crippen molar-refractivity contribution < 1.29 is 18.7 Å². The fourth-order valence-corrected chi connectivity index (χ4v) is 1.75. The number of ether oxygens (including phenoxy) is 2. The molecule has 1 heterocycles. The Labute approximate surface area is 128 Å². The van der Waals surface area contributed by atoms with Gasteiger partial charge in [0.05, 0.1) is 20.1 Å². The quantitative estimate of drug-likeness (QED) is 0.853. The molecule has 22 heavy (non-hydrogen) atoms. The van der Waals surface area contributed by atoms with E-state index in [1.165, 1.54) is 31.4 Å². The Morgan fingerprint density at radius 1 is 1.27 bits per heavy atom. The second-order valence-corrected chi connectivity index (χ2v) is 4.54. The zero-order valence-electron chi connectivity index (χ0n) is 12.2. The maximum Gasteiger partial charge on any atom is 0.223 e. The second kappa shape index (κ2) is 7.97. The van der Waals surface area contributed by atoms with E-state index in [1.54, 1.807) is 18.3 Å². The van der Waals surface area contributed by atoms with Crippen LogP contribution in [0.2, 0.25) is 0 Å². The third-order valence-corrected chi connectivity index (χ3v) is 2.91. The molecule has 0 spiro atoms. The largest absolute Gasteiger partial charge is 0.493 e. The Morgan fingerprint density at radius 2 is 2.05 bits per heavy atom. The van der Waals surface area contributed by atoms with Gasteiger partial charge in [-0.1, -0.05) is 0 Å². The Kier molecular flexibility index (Phi) is 5.71. The zero-order chi connectivity index (χ0) is 15.8. The number of methoxy groups -OCH3 is 1. The first-order valence-corrected chi connectivity index (χ1v) is 6.81. The van der Waals surface area contributed by atoms with Crippen molar-refractivity contribution in [2.45, 2.75) is 13.0 Å². The molecule has 2 rings (SSSR count). The molecule has 1 aromatic carbocycles. The molecule has 6 heteroatoms. The minimum absolute atomic E-state index is 0.127. The van der Waals surface area contributed by atoms with Gasteiger partial charge in [-0.3, -0.25) is 4.79 Å². The number of hydrogen-bond acceptors (Lipinski definition) is 4. The van der Waals surface area contributed by atoms with E-state index >= 15 is 0 Å². The lowest BCUT2D eigenvalue weighted by atomic mass is 10.2. The van der Waals surface area contributed by atoms with Gasteiger partial charge in [-0.05, 0) is 35.9 Å². The number of carbonyl (C=O) groups is 1. The van der Waals surface area contributed by atoms with Gasteiger partial charge in [0, 0.05) is 18.8 Å². The lowest BCUT2D eigenvalue weighted by Crippen LogP contribution is -2.24. The Hall–Kier alpha value is -2.63. The standard InChI is InChI=1S/C16H17FN2O3/c1-21-16-10-12(6-8-18-16)11-19-15(20)7-9-22-14-4-2-13(17)3-5-14/h2-6,8,10H,7,9,11H2,1H3,(H,19,20). The topological polar surface area (TPSA) is 60.5 Å². The van der Waals surface area contributed by atoms with Gasteiger partial charge in [0.25, 0.3) is 0 Å². The van der Waals surface area contributed by atoms with Gasteiger partial charge in [0.15, 0.2) is 0 Å². The maximum atomic E-state index is 12.7. The molecule has 1 amide bonds. The van der Waals surface area contributed by atoms with Crippen molar-refractivity contribution in [1.29, 1.82) is 0 Å². The Morgan fingerprint density at radius 3 is 2.77 bits per heavy atom. The molecule has 2 aromatic rings. The van der Waals surface area contributed by atoms with Gasteiger partial charge in [0.1, 0.15) is 11.6 Å². The fraction of sp³-hybridized carbons (Fsp3) is 0.250. The first kappa shape index (κ1) is 15.8. The van der Waals surface area contributed by atoms with E-state index in [9.17, 15) is 9.18 Å². The number of hydrogen-bond donors (Lipinski definition) is 1. The summed E-state index contributed by atoms with van der Waals surface area (Å²) in [7, 11) is 1.54. The highest BCUT2D eigenvalue weighted by Gasteiger charge is 2.03. The van der Waals surface area contributed by atoms with Crippen molar-refractivity contribution in [2.75, 3.05) is 13.7 Å². The van der Waals surface area contributed by atoms with E-state index in [2.05, 4.69) is 10.3 Å². The molecule has 0 saturated heterocycles. The maximum absolute atomic E-state index is 12.7. The summed E-state index contributed by atoms with van der Waals surface area (Å²) in [5.74, 6) is 0.593. The van der Waals surface area contributed by atoms with Crippen LogP contribution in [-0.4, -0.2) is 24.6 Å². The summed E-state index contributed by atoms with van der Waals surface area (Å²) >= 11 is 0. The zero-order valence-corrected chi connectivity index (χ0v) is 12.2. The predicted molar refractivity (Wildman–Crippen MR) is 79.1 cm³/mol. The summed E-state index contributed by atoms with van der Waals surface area (Å²) < 4.78 is 23.1. The highest BCUT2D eigenvalue weighted by molar-refractivity contribution is 5.76. The molecule has 0 radical (unpaired) electrons. The van der Waals surface area contributed by atoms with Gasteiger partial charge in [-0.15, -0.1) is 0 Å². The molecule has 0 bridgehead atoms. The highest BCUT2D eigenvalue weighted by Crippen LogP contribution is 2.11. The van der Waals surface area contributed by atoms with Crippen LogP contribution in [0.1, 0.15) is 12.0 Å². The smallest absolute Gasteiger partial charge is 0.223 e. The van der Waals surface area contributed by atoms with Crippen LogP contribution in [0, 0.1) is 5.82 Å². The summed E-state index contributed by atoms with van der Waals surface area (Å²) in [4.78, 5) is 15.7. The van der Waals surface area contributed by atoms with Crippen molar-refractivity contribution in [2.24, 2.45) is 0 Å². The number of nitrogens with one attached hydrogen (secondary N) is 1. The molecular formula is C16H17FN2O3. The van der Waals surface area contributed by atoms with Crippen molar-refractivity contribution >= 4 is 5.91 Å². The molecule has 0 aliphatic heterocycles. The SMILES string of the molecule is COc1cc(CNC(=O)CCOc2ccc(F)cc2)ccn1. The molecule has 1 aromatic heterocycles. The van der Waals surface area contributed by atoms with Crippen LogP contribution in [-0.2, 0) is 11.3 Å².